The molecule has 0 aliphatic carbocycles. The van der Waals surface area contributed by atoms with Crippen LogP contribution in [0.3, 0.4) is 0 Å². The lowest BCUT2D eigenvalue weighted by Crippen LogP contribution is -2.63. The summed E-state index contributed by atoms with van der Waals surface area (Å²) >= 11 is 0. The second-order valence-corrected chi connectivity index (χ2v) is 9.88. The van der Waals surface area contributed by atoms with Gasteiger partial charge in [0.1, 0.15) is 5.84 Å². The van der Waals surface area contributed by atoms with Crippen LogP contribution in [-0.2, 0) is 16.1 Å². The molecule has 1 atom stereocenters. The molecule has 3 N–H and O–H groups in total. The highest BCUT2D eigenvalue weighted by molar-refractivity contribution is 6.27. The van der Waals surface area contributed by atoms with E-state index in [9.17, 15) is 19.5 Å². The summed E-state index contributed by atoms with van der Waals surface area (Å²) in [5, 5.41) is 15.2. The van der Waals surface area contributed by atoms with Crippen LogP contribution in [0.15, 0.2) is 47.5 Å². The highest BCUT2D eigenvalue weighted by Gasteiger charge is 2.43. The summed E-state index contributed by atoms with van der Waals surface area (Å²) < 4.78 is 0. The van der Waals surface area contributed by atoms with Gasteiger partial charge in [-0.3, -0.25) is 14.9 Å². The van der Waals surface area contributed by atoms with Crippen LogP contribution in [0.4, 0.5) is 21.9 Å². The zero-order valence-corrected chi connectivity index (χ0v) is 21.1. The number of nitrogens with one attached hydrogen (secondary N) is 2. The van der Waals surface area contributed by atoms with Crippen LogP contribution in [0, 0.1) is 12.8 Å². The Morgan fingerprint density at radius 3 is 2.54 bits per heavy atom. The van der Waals surface area contributed by atoms with Crippen molar-refractivity contribution in [3.8, 4) is 0 Å². The standard InChI is InChI=1S/C27H32N6O4/c1-17-14-21-22(15-20(17)28-16-18-6-4-3-5-7-18)33(13-12-32-10-8-19(9-11-32)26(35)36)24-23(31(21)2)25(34)30-27(37)29-24/h3-7,14-15,19,23,28H,8-13,16H2,1-2H3,(H,35,36)(H,30,34,37). The van der Waals surface area contributed by atoms with E-state index in [0.717, 1.165) is 28.2 Å². The molecule has 1 unspecified atom stereocenters. The lowest BCUT2D eigenvalue weighted by molar-refractivity contribution is -0.143. The van der Waals surface area contributed by atoms with Gasteiger partial charge in [0.25, 0.3) is 5.91 Å². The smallest absolute Gasteiger partial charge is 0.349 e. The average Bonchev–Trinajstić information content (AvgIpc) is 2.88. The highest BCUT2D eigenvalue weighted by atomic mass is 16.4. The van der Waals surface area contributed by atoms with Gasteiger partial charge in [0.05, 0.1) is 17.3 Å². The minimum Gasteiger partial charge on any atom is -0.481 e. The zero-order chi connectivity index (χ0) is 26.1. The number of piperidine rings is 1. The van der Waals surface area contributed by atoms with Crippen molar-refractivity contribution in [2.75, 3.05) is 48.3 Å². The summed E-state index contributed by atoms with van der Waals surface area (Å²) in [6, 6.07) is 12.9. The first-order valence-electron chi connectivity index (χ1n) is 12.6. The Hall–Kier alpha value is -3.92. The Balaban J connectivity index is 1.44. The number of carboxylic acid groups (broad SMARTS) is 1. The molecule has 0 bridgehead atoms. The number of imide groups is 1. The number of likely N-dealkylation sites (N-methyl/N-ethyl adjacent to an activating group) is 1. The fourth-order valence-electron chi connectivity index (χ4n) is 5.35. The maximum atomic E-state index is 12.9. The average molecular weight is 505 g/mol. The van der Waals surface area contributed by atoms with Crippen molar-refractivity contribution >= 4 is 40.8 Å². The van der Waals surface area contributed by atoms with Gasteiger partial charge in [0.2, 0.25) is 0 Å². The molecule has 3 aliphatic rings. The molecule has 0 aromatic heterocycles. The number of aliphatic carboxylic acids is 1. The van der Waals surface area contributed by atoms with Crippen LogP contribution in [0.2, 0.25) is 0 Å². The van der Waals surface area contributed by atoms with Crippen LogP contribution >= 0.6 is 0 Å². The van der Waals surface area contributed by atoms with Gasteiger partial charge in [-0.25, -0.2) is 4.79 Å². The lowest BCUT2D eigenvalue weighted by Gasteiger charge is -2.44. The lowest BCUT2D eigenvalue weighted by atomic mass is 9.97. The number of urea groups is 1. The molecule has 0 spiro atoms. The maximum Gasteiger partial charge on any atom is 0.349 e. The van der Waals surface area contributed by atoms with Crippen molar-refractivity contribution in [2.24, 2.45) is 10.9 Å². The Bertz CT molecular complexity index is 1240. The molecule has 10 heteroatoms. The minimum absolute atomic E-state index is 0.296. The number of aryl methyl sites for hydroxylation is 1. The van der Waals surface area contributed by atoms with Crippen molar-refractivity contribution in [1.82, 2.24) is 10.2 Å². The van der Waals surface area contributed by atoms with Crippen molar-refractivity contribution in [2.45, 2.75) is 32.4 Å². The van der Waals surface area contributed by atoms with Crippen LogP contribution in [0.5, 0.6) is 0 Å². The number of carboxylic acids is 1. The van der Waals surface area contributed by atoms with Gasteiger partial charge in [-0.15, -0.1) is 0 Å². The molecule has 3 amide bonds. The van der Waals surface area contributed by atoms with Gasteiger partial charge in [-0.2, -0.15) is 4.99 Å². The monoisotopic (exact) mass is 504 g/mol. The number of hydrogen-bond donors (Lipinski definition) is 3. The molecular formula is C27H32N6O4. The van der Waals surface area contributed by atoms with Gasteiger partial charge >= 0.3 is 12.0 Å². The minimum atomic E-state index is -0.734. The fourth-order valence-corrected chi connectivity index (χ4v) is 5.35. The van der Waals surface area contributed by atoms with Crippen LogP contribution in [0.1, 0.15) is 24.0 Å². The van der Waals surface area contributed by atoms with Gasteiger partial charge in [0, 0.05) is 32.4 Å². The Kier molecular flexibility index (Phi) is 6.84. The summed E-state index contributed by atoms with van der Waals surface area (Å²) in [6.45, 7) is 5.29. The third kappa shape index (κ3) is 5.01. The molecule has 3 heterocycles. The number of amidine groups is 1. The molecule has 0 radical (unpaired) electrons. The van der Waals surface area contributed by atoms with Crippen LogP contribution < -0.4 is 20.4 Å². The number of amides is 3. The predicted octanol–water partition coefficient (Wildman–Crippen LogP) is 2.68. The van der Waals surface area contributed by atoms with E-state index in [-0.39, 0.29) is 11.8 Å². The van der Waals surface area contributed by atoms with Gasteiger partial charge in [0.15, 0.2) is 6.04 Å². The summed E-state index contributed by atoms with van der Waals surface area (Å²) in [7, 11) is 1.85. The molecule has 2 aromatic rings. The van der Waals surface area contributed by atoms with Crippen molar-refractivity contribution in [3.05, 3.63) is 53.6 Å². The number of aliphatic imine (C=N–C) groups is 1. The Morgan fingerprint density at radius 2 is 1.84 bits per heavy atom. The predicted molar refractivity (Wildman–Crippen MR) is 142 cm³/mol. The highest BCUT2D eigenvalue weighted by Crippen LogP contribution is 2.40. The van der Waals surface area contributed by atoms with E-state index < -0.39 is 18.0 Å². The molecule has 2 aromatic carbocycles. The molecule has 10 nitrogen and oxygen atoms in total. The SMILES string of the molecule is Cc1cc2c(cc1NCc1ccccc1)N(CCN1CCC(C(=O)O)CC1)C1=NC(=O)NC(=O)C1N2C. The van der Waals surface area contributed by atoms with E-state index in [1.807, 2.05) is 42.0 Å². The summed E-state index contributed by atoms with van der Waals surface area (Å²) in [6.07, 6.45) is 1.23. The number of rotatable bonds is 7. The number of likely N-dealkylation sites (tertiary alicyclic amines) is 1. The third-order valence-electron chi connectivity index (χ3n) is 7.50. The van der Waals surface area contributed by atoms with Crippen LogP contribution in [-0.4, -0.2) is 73.0 Å². The first kappa shape index (κ1) is 24.8. The maximum absolute atomic E-state index is 12.9. The Morgan fingerprint density at radius 1 is 1.11 bits per heavy atom. The number of carbonyl (C=O) groups is 3. The molecule has 1 saturated heterocycles. The second-order valence-electron chi connectivity index (χ2n) is 9.88. The fraction of sp³-hybridized carbons (Fsp3) is 0.407. The third-order valence-corrected chi connectivity index (χ3v) is 7.50. The summed E-state index contributed by atoms with van der Waals surface area (Å²) in [4.78, 5) is 46.8. The summed E-state index contributed by atoms with van der Waals surface area (Å²) in [5.41, 5.74) is 4.94. The molecule has 37 heavy (non-hydrogen) atoms. The van der Waals surface area contributed by atoms with Crippen molar-refractivity contribution < 1.29 is 19.5 Å². The largest absolute Gasteiger partial charge is 0.481 e. The summed E-state index contributed by atoms with van der Waals surface area (Å²) in [5.74, 6) is -1.00. The molecule has 1 fully saturated rings. The molecule has 0 saturated carbocycles. The van der Waals surface area contributed by atoms with Crippen LogP contribution in [0.25, 0.3) is 0 Å². The molecular weight excluding hydrogens is 472 g/mol. The zero-order valence-electron chi connectivity index (χ0n) is 21.1. The van der Waals surface area contributed by atoms with E-state index in [1.54, 1.807) is 0 Å². The quantitative estimate of drug-likeness (QED) is 0.527. The van der Waals surface area contributed by atoms with Gasteiger partial charge in [-0.1, -0.05) is 30.3 Å². The molecule has 3 aliphatic heterocycles. The normalized spacial score (nSPS) is 20.2. The molecule has 194 valence electrons. The number of nitrogens with zero attached hydrogens (tertiary/aromatic N) is 4. The van der Waals surface area contributed by atoms with E-state index >= 15 is 0 Å². The number of benzene rings is 2. The van der Waals surface area contributed by atoms with Crippen molar-refractivity contribution in [3.63, 3.8) is 0 Å². The van der Waals surface area contributed by atoms with E-state index in [0.29, 0.717) is 51.4 Å². The van der Waals surface area contributed by atoms with E-state index in [4.69, 9.17) is 0 Å². The first-order chi connectivity index (χ1) is 17.8. The number of fused-ring (bicyclic) bond motifs is 2. The topological polar surface area (TPSA) is 118 Å². The number of anilines is 3. The van der Waals surface area contributed by atoms with E-state index in [1.165, 1.54) is 0 Å². The van der Waals surface area contributed by atoms with Gasteiger partial charge < -0.3 is 25.1 Å². The van der Waals surface area contributed by atoms with E-state index in [2.05, 4.69) is 44.8 Å². The number of carbonyl (C=O) groups excluding carboxylic acids is 2. The molecule has 5 rings (SSSR count). The van der Waals surface area contributed by atoms with Gasteiger partial charge in [-0.05, 0) is 56.1 Å². The van der Waals surface area contributed by atoms with Crippen molar-refractivity contribution in [1.29, 1.82) is 0 Å². The Labute approximate surface area is 215 Å². The first-order valence-corrected chi connectivity index (χ1v) is 12.6. The number of hydrogen-bond acceptors (Lipinski definition) is 7. The second kappa shape index (κ2) is 10.2.